The summed E-state index contributed by atoms with van der Waals surface area (Å²) in [6.07, 6.45) is 3.11. The highest BCUT2D eigenvalue weighted by Crippen LogP contribution is 2.38. The van der Waals surface area contributed by atoms with Crippen LogP contribution >= 0.6 is 12.2 Å². The van der Waals surface area contributed by atoms with Crippen molar-refractivity contribution in [1.29, 1.82) is 0 Å². The molecule has 1 saturated carbocycles. The molecule has 2 rings (SSSR count). The molecular formula is C14H16F2N2OS. The Kier molecular flexibility index (Phi) is 4.32. The molecule has 108 valence electrons. The van der Waals surface area contributed by atoms with Crippen LogP contribution in [0.5, 0.6) is 0 Å². The van der Waals surface area contributed by atoms with Gasteiger partial charge in [0.2, 0.25) is 5.91 Å². The number of halogens is 2. The van der Waals surface area contributed by atoms with E-state index in [4.69, 9.17) is 18.0 Å². The Morgan fingerprint density at radius 3 is 2.50 bits per heavy atom. The maximum atomic E-state index is 13.1. The predicted octanol–water partition coefficient (Wildman–Crippen LogP) is 2.43. The Bertz CT molecular complexity index is 542. The Balaban J connectivity index is 2.04. The predicted molar refractivity (Wildman–Crippen MR) is 75.9 cm³/mol. The van der Waals surface area contributed by atoms with Crippen LogP contribution in [0.3, 0.4) is 0 Å². The molecule has 3 N–H and O–H groups in total. The van der Waals surface area contributed by atoms with Gasteiger partial charge in [-0.1, -0.05) is 31.1 Å². The normalized spacial score (nSPS) is 16.9. The highest BCUT2D eigenvalue weighted by molar-refractivity contribution is 7.80. The van der Waals surface area contributed by atoms with Gasteiger partial charge in [-0.15, -0.1) is 0 Å². The van der Waals surface area contributed by atoms with Crippen molar-refractivity contribution in [2.75, 3.05) is 0 Å². The van der Waals surface area contributed by atoms with E-state index in [1.165, 1.54) is 6.07 Å². The lowest BCUT2D eigenvalue weighted by Crippen LogP contribution is -2.46. The number of hydrogen-bond acceptors (Lipinski definition) is 2. The van der Waals surface area contributed by atoms with E-state index in [1.54, 1.807) is 0 Å². The quantitative estimate of drug-likeness (QED) is 0.839. The third kappa shape index (κ3) is 2.80. The molecule has 1 fully saturated rings. The first-order chi connectivity index (χ1) is 9.45. The molecule has 0 unspecified atom stereocenters. The maximum Gasteiger partial charge on any atom is 0.233 e. The average molecular weight is 298 g/mol. The summed E-state index contributed by atoms with van der Waals surface area (Å²) in [5.41, 5.74) is 5.42. The molecule has 0 atom stereocenters. The summed E-state index contributed by atoms with van der Waals surface area (Å²) in [5, 5.41) is 2.71. The molecule has 3 nitrogen and oxygen atoms in total. The minimum Gasteiger partial charge on any atom is -0.392 e. The van der Waals surface area contributed by atoms with Crippen LogP contribution in [0.25, 0.3) is 0 Å². The van der Waals surface area contributed by atoms with Crippen molar-refractivity contribution < 1.29 is 13.6 Å². The van der Waals surface area contributed by atoms with Crippen molar-refractivity contribution in [3.8, 4) is 0 Å². The zero-order chi connectivity index (χ0) is 14.8. The number of amides is 1. The van der Waals surface area contributed by atoms with E-state index < -0.39 is 17.0 Å². The van der Waals surface area contributed by atoms with E-state index in [1.807, 2.05) is 0 Å². The third-order valence-corrected chi connectivity index (χ3v) is 4.19. The number of hydrogen-bond donors (Lipinski definition) is 2. The van der Waals surface area contributed by atoms with Gasteiger partial charge in [0.1, 0.15) is 0 Å². The Morgan fingerprint density at radius 1 is 1.30 bits per heavy atom. The molecule has 1 aliphatic carbocycles. The van der Waals surface area contributed by atoms with Crippen molar-refractivity contribution in [1.82, 2.24) is 5.32 Å². The molecule has 0 bridgehead atoms. The first-order valence-electron chi connectivity index (χ1n) is 6.48. The van der Waals surface area contributed by atoms with Crippen molar-refractivity contribution in [3.63, 3.8) is 0 Å². The Morgan fingerprint density at radius 2 is 1.95 bits per heavy atom. The number of thiocarbonyl (C=S) groups is 1. The maximum absolute atomic E-state index is 13.1. The minimum absolute atomic E-state index is 0.125. The molecule has 1 aromatic rings. The number of carbonyl (C=O) groups is 1. The number of carbonyl (C=O) groups excluding carboxylic acids is 1. The average Bonchev–Trinajstić information content (AvgIpc) is 2.90. The first kappa shape index (κ1) is 14.8. The van der Waals surface area contributed by atoms with Crippen LogP contribution in [0.4, 0.5) is 8.78 Å². The lowest BCUT2D eigenvalue weighted by molar-refractivity contribution is -0.127. The molecule has 1 aromatic carbocycles. The van der Waals surface area contributed by atoms with Crippen molar-refractivity contribution >= 4 is 23.1 Å². The number of nitrogens with one attached hydrogen (secondary N) is 1. The van der Waals surface area contributed by atoms with Crippen LogP contribution in [0.1, 0.15) is 31.2 Å². The van der Waals surface area contributed by atoms with Crippen LogP contribution in [0.15, 0.2) is 18.2 Å². The van der Waals surface area contributed by atoms with Gasteiger partial charge >= 0.3 is 0 Å². The minimum atomic E-state index is -0.929. The number of rotatable bonds is 4. The fourth-order valence-corrected chi connectivity index (χ4v) is 2.86. The Hall–Kier alpha value is -1.56. The van der Waals surface area contributed by atoms with Gasteiger partial charge in [-0.25, -0.2) is 8.78 Å². The summed E-state index contributed by atoms with van der Waals surface area (Å²) in [5.74, 6) is -2.07. The summed E-state index contributed by atoms with van der Waals surface area (Å²) >= 11 is 5.02. The molecule has 0 aliphatic heterocycles. The molecule has 0 spiro atoms. The summed E-state index contributed by atoms with van der Waals surface area (Å²) in [4.78, 5) is 12.5. The molecule has 20 heavy (non-hydrogen) atoms. The van der Waals surface area contributed by atoms with E-state index in [0.717, 1.165) is 25.0 Å². The van der Waals surface area contributed by atoms with Gasteiger partial charge in [-0.3, -0.25) is 4.79 Å². The largest absolute Gasteiger partial charge is 0.392 e. The zero-order valence-electron chi connectivity index (χ0n) is 10.9. The van der Waals surface area contributed by atoms with E-state index in [-0.39, 0.29) is 17.4 Å². The van der Waals surface area contributed by atoms with E-state index in [9.17, 15) is 13.6 Å². The van der Waals surface area contributed by atoms with Crippen molar-refractivity contribution in [2.24, 2.45) is 11.1 Å². The lowest BCUT2D eigenvalue weighted by atomic mass is 9.85. The van der Waals surface area contributed by atoms with Gasteiger partial charge < -0.3 is 11.1 Å². The second-order valence-electron chi connectivity index (χ2n) is 5.08. The van der Waals surface area contributed by atoms with Gasteiger partial charge in [0.05, 0.1) is 10.4 Å². The molecule has 1 amide bonds. The first-order valence-corrected chi connectivity index (χ1v) is 6.89. The van der Waals surface area contributed by atoms with Gasteiger partial charge in [-0.2, -0.15) is 0 Å². The highest BCUT2D eigenvalue weighted by atomic mass is 32.1. The highest BCUT2D eigenvalue weighted by Gasteiger charge is 2.43. The van der Waals surface area contributed by atoms with Crippen LogP contribution in [-0.2, 0) is 11.3 Å². The molecule has 6 heteroatoms. The summed E-state index contributed by atoms with van der Waals surface area (Å²) in [6.45, 7) is 0.125. The smallest absolute Gasteiger partial charge is 0.233 e. The van der Waals surface area contributed by atoms with Crippen LogP contribution in [0.2, 0.25) is 0 Å². The van der Waals surface area contributed by atoms with Crippen LogP contribution < -0.4 is 11.1 Å². The fourth-order valence-electron chi connectivity index (χ4n) is 2.57. The second kappa shape index (κ2) is 5.83. The topological polar surface area (TPSA) is 55.1 Å². The van der Waals surface area contributed by atoms with E-state index >= 15 is 0 Å². The van der Waals surface area contributed by atoms with Crippen molar-refractivity contribution in [3.05, 3.63) is 35.4 Å². The number of benzene rings is 1. The molecule has 1 aliphatic rings. The van der Waals surface area contributed by atoms with Gasteiger partial charge in [0, 0.05) is 6.54 Å². The molecule has 0 radical (unpaired) electrons. The summed E-state index contributed by atoms with van der Waals surface area (Å²) < 4.78 is 25.9. The fraction of sp³-hybridized carbons (Fsp3) is 0.429. The van der Waals surface area contributed by atoms with Crippen molar-refractivity contribution in [2.45, 2.75) is 32.2 Å². The molecule has 0 heterocycles. The molecule has 0 saturated heterocycles. The van der Waals surface area contributed by atoms with E-state index in [2.05, 4.69) is 5.32 Å². The van der Waals surface area contributed by atoms with Gasteiger partial charge in [0.25, 0.3) is 0 Å². The summed E-state index contributed by atoms with van der Waals surface area (Å²) in [6, 6.07) is 3.54. The molecular weight excluding hydrogens is 282 g/mol. The van der Waals surface area contributed by atoms with Gasteiger partial charge in [-0.05, 0) is 30.5 Å². The number of nitrogens with two attached hydrogens (primary N) is 1. The SMILES string of the molecule is NC(=S)C1(C(=O)NCc2ccc(F)c(F)c2)CCCC1. The summed E-state index contributed by atoms with van der Waals surface area (Å²) in [7, 11) is 0. The second-order valence-corrected chi connectivity index (χ2v) is 5.52. The van der Waals surface area contributed by atoms with Crippen LogP contribution in [-0.4, -0.2) is 10.9 Å². The van der Waals surface area contributed by atoms with Crippen LogP contribution in [0, 0.1) is 17.0 Å². The standard InChI is InChI=1S/C14H16F2N2OS/c15-10-4-3-9(7-11(10)16)8-18-13(19)14(12(17)20)5-1-2-6-14/h3-4,7H,1-2,5-6,8H2,(H2,17,20)(H,18,19). The monoisotopic (exact) mass is 298 g/mol. The van der Waals surface area contributed by atoms with Gasteiger partial charge in [0.15, 0.2) is 11.6 Å². The third-order valence-electron chi connectivity index (χ3n) is 3.80. The lowest BCUT2D eigenvalue weighted by Gasteiger charge is -2.26. The molecule has 0 aromatic heterocycles. The zero-order valence-corrected chi connectivity index (χ0v) is 11.7. The van der Waals surface area contributed by atoms with E-state index in [0.29, 0.717) is 18.4 Å². The Labute approximate surface area is 121 Å².